The maximum Gasteiger partial charge on any atom is 0.239 e. The zero-order valence-corrected chi connectivity index (χ0v) is 17.7. The maximum absolute atomic E-state index is 12.7. The van der Waals surface area contributed by atoms with E-state index in [-0.39, 0.29) is 24.4 Å². The van der Waals surface area contributed by atoms with Crippen molar-refractivity contribution in [1.29, 1.82) is 0 Å². The first-order valence-electron chi connectivity index (χ1n) is 9.56. The third-order valence-electron chi connectivity index (χ3n) is 4.99. The monoisotopic (exact) mass is 381 g/mol. The number of anilines is 1. The van der Waals surface area contributed by atoms with Crippen molar-refractivity contribution in [3.63, 3.8) is 0 Å². The zero-order valence-electron chi connectivity index (χ0n) is 17.7. The summed E-state index contributed by atoms with van der Waals surface area (Å²) in [6.45, 7) is 8.55. The van der Waals surface area contributed by atoms with E-state index >= 15 is 0 Å². The minimum atomic E-state index is -0.389. The fourth-order valence-corrected chi connectivity index (χ4v) is 3.36. The molecular formula is C23H31N3O2. The van der Waals surface area contributed by atoms with E-state index in [9.17, 15) is 9.59 Å². The molecule has 5 nitrogen and oxygen atoms in total. The fraction of sp³-hybridized carbons (Fsp3) is 0.391. The van der Waals surface area contributed by atoms with Crippen molar-refractivity contribution < 1.29 is 9.59 Å². The lowest BCUT2D eigenvalue weighted by molar-refractivity contribution is -0.135. The van der Waals surface area contributed by atoms with Crippen LogP contribution in [0.3, 0.4) is 0 Å². The summed E-state index contributed by atoms with van der Waals surface area (Å²) < 4.78 is 0. The number of nitrogens with zero attached hydrogens (tertiary/aromatic N) is 2. The lowest BCUT2D eigenvalue weighted by atomic mass is 10.1. The van der Waals surface area contributed by atoms with Crippen LogP contribution in [0.15, 0.2) is 42.5 Å². The maximum atomic E-state index is 12.7. The summed E-state index contributed by atoms with van der Waals surface area (Å²) in [6, 6.07) is 13.6. The van der Waals surface area contributed by atoms with Crippen LogP contribution in [0.25, 0.3) is 0 Å². The number of hydrogen-bond acceptors (Lipinski definition) is 3. The van der Waals surface area contributed by atoms with Gasteiger partial charge in [0.1, 0.15) is 0 Å². The quantitative estimate of drug-likeness (QED) is 0.798. The molecule has 1 atom stereocenters. The number of rotatable bonds is 7. The fourth-order valence-electron chi connectivity index (χ4n) is 3.36. The van der Waals surface area contributed by atoms with Crippen LogP contribution in [0.2, 0.25) is 0 Å². The van der Waals surface area contributed by atoms with Gasteiger partial charge >= 0.3 is 0 Å². The van der Waals surface area contributed by atoms with Gasteiger partial charge in [0.2, 0.25) is 11.8 Å². The average Bonchev–Trinajstić information content (AvgIpc) is 2.64. The van der Waals surface area contributed by atoms with Crippen LogP contribution in [0, 0.1) is 20.8 Å². The number of hydrogen-bond donors (Lipinski definition) is 1. The van der Waals surface area contributed by atoms with Crippen molar-refractivity contribution in [3.8, 4) is 0 Å². The summed E-state index contributed by atoms with van der Waals surface area (Å²) >= 11 is 0. The number of carbonyl (C=O) groups is 2. The predicted octanol–water partition coefficient (Wildman–Crippen LogP) is 3.53. The zero-order chi connectivity index (χ0) is 20.8. The molecular weight excluding hydrogens is 350 g/mol. The molecule has 0 aliphatic carbocycles. The van der Waals surface area contributed by atoms with Gasteiger partial charge in [0.25, 0.3) is 0 Å². The van der Waals surface area contributed by atoms with Crippen molar-refractivity contribution in [3.05, 3.63) is 64.7 Å². The largest absolute Gasteiger partial charge is 0.340 e. The second-order valence-electron chi connectivity index (χ2n) is 7.59. The van der Waals surface area contributed by atoms with Crippen molar-refractivity contribution in [2.45, 2.75) is 40.3 Å². The molecule has 0 aliphatic heterocycles. The summed E-state index contributed by atoms with van der Waals surface area (Å²) in [5.74, 6) is -0.134. The van der Waals surface area contributed by atoms with Crippen molar-refractivity contribution in [2.24, 2.45) is 0 Å². The highest BCUT2D eigenvalue weighted by Crippen LogP contribution is 2.21. The van der Waals surface area contributed by atoms with Gasteiger partial charge in [-0.25, -0.2) is 0 Å². The van der Waals surface area contributed by atoms with Gasteiger partial charge in [-0.2, -0.15) is 0 Å². The lowest BCUT2D eigenvalue weighted by Crippen LogP contribution is -2.46. The van der Waals surface area contributed by atoms with Gasteiger partial charge in [0, 0.05) is 19.3 Å². The van der Waals surface area contributed by atoms with Gasteiger partial charge in [-0.15, -0.1) is 0 Å². The van der Waals surface area contributed by atoms with E-state index in [4.69, 9.17) is 0 Å². The average molecular weight is 382 g/mol. The third kappa shape index (κ3) is 5.67. The highest BCUT2D eigenvalue weighted by Gasteiger charge is 2.23. The molecule has 0 unspecified atom stereocenters. The topological polar surface area (TPSA) is 52.7 Å². The van der Waals surface area contributed by atoms with E-state index in [1.165, 1.54) is 5.56 Å². The molecule has 5 heteroatoms. The molecule has 2 amide bonds. The molecule has 2 aromatic carbocycles. The van der Waals surface area contributed by atoms with Gasteiger partial charge in [0.15, 0.2) is 0 Å². The molecule has 2 rings (SSSR count). The number of aryl methyl sites for hydroxylation is 3. The lowest BCUT2D eigenvalue weighted by Gasteiger charge is -2.28. The Bertz CT molecular complexity index is 810. The van der Waals surface area contributed by atoms with Crippen molar-refractivity contribution in [2.75, 3.05) is 26.0 Å². The Morgan fingerprint density at radius 2 is 1.57 bits per heavy atom. The summed E-state index contributed by atoms with van der Waals surface area (Å²) in [5, 5.41) is 2.99. The van der Waals surface area contributed by atoms with Gasteiger partial charge in [-0.3, -0.25) is 14.5 Å². The minimum Gasteiger partial charge on any atom is -0.340 e. The van der Waals surface area contributed by atoms with Crippen molar-refractivity contribution in [1.82, 2.24) is 9.80 Å². The molecule has 1 N–H and O–H groups in total. The molecule has 0 spiro atoms. The Morgan fingerprint density at radius 3 is 2.14 bits per heavy atom. The van der Waals surface area contributed by atoms with Crippen LogP contribution in [0.4, 0.5) is 5.69 Å². The Labute approximate surface area is 168 Å². The van der Waals surface area contributed by atoms with E-state index in [0.717, 1.165) is 22.4 Å². The molecule has 0 radical (unpaired) electrons. The predicted molar refractivity (Wildman–Crippen MR) is 114 cm³/mol. The van der Waals surface area contributed by atoms with Gasteiger partial charge in [0.05, 0.1) is 12.6 Å². The Kier molecular flexibility index (Phi) is 7.35. The first-order chi connectivity index (χ1) is 13.2. The molecule has 0 bridgehead atoms. The van der Waals surface area contributed by atoms with E-state index in [2.05, 4.69) is 17.4 Å². The number of amides is 2. The minimum absolute atomic E-state index is 0.0122. The third-order valence-corrected chi connectivity index (χ3v) is 4.99. The SMILES string of the molecule is Cc1cc(C)c(NC(=O)CN(C)[C@@H](C)C(=O)N(C)Cc2ccccc2)c(C)c1. The number of carbonyl (C=O) groups excluding carboxylic acids is 2. The van der Waals surface area contributed by atoms with Gasteiger partial charge in [-0.1, -0.05) is 48.0 Å². The van der Waals surface area contributed by atoms with Crippen LogP contribution in [-0.2, 0) is 16.1 Å². The summed E-state index contributed by atoms with van der Waals surface area (Å²) in [7, 11) is 3.59. The second-order valence-corrected chi connectivity index (χ2v) is 7.59. The molecule has 2 aromatic rings. The number of benzene rings is 2. The number of nitrogens with one attached hydrogen (secondary N) is 1. The summed E-state index contributed by atoms with van der Waals surface area (Å²) in [5.41, 5.74) is 5.19. The highest BCUT2D eigenvalue weighted by molar-refractivity contribution is 5.94. The Morgan fingerprint density at radius 1 is 1.00 bits per heavy atom. The normalized spacial score (nSPS) is 12.0. The van der Waals surface area contributed by atoms with E-state index in [1.807, 2.05) is 58.0 Å². The Hall–Kier alpha value is -2.66. The summed E-state index contributed by atoms with van der Waals surface area (Å²) in [4.78, 5) is 28.7. The highest BCUT2D eigenvalue weighted by atomic mass is 16.2. The van der Waals surface area contributed by atoms with Gasteiger partial charge in [-0.05, 0) is 51.4 Å². The molecule has 0 fully saturated rings. The van der Waals surface area contributed by atoms with Crippen LogP contribution in [-0.4, -0.2) is 48.3 Å². The van der Waals surface area contributed by atoms with Crippen molar-refractivity contribution >= 4 is 17.5 Å². The molecule has 0 saturated carbocycles. The van der Waals surface area contributed by atoms with E-state index < -0.39 is 0 Å². The first-order valence-corrected chi connectivity index (χ1v) is 9.56. The molecule has 0 aliphatic rings. The van der Waals surface area contributed by atoms with E-state index in [1.54, 1.807) is 23.9 Å². The number of likely N-dealkylation sites (N-methyl/N-ethyl adjacent to an activating group) is 2. The van der Waals surface area contributed by atoms with Crippen LogP contribution >= 0.6 is 0 Å². The van der Waals surface area contributed by atoms with Crippen LogP contribution in [0.1, 0.15) is 29.2 Å². The molecule has 0 heterocycles. The Balaban J connectivity index is 1.94. The van der Waals surface area contributed by atoms with Crippen LogP contribution in [0.5, 0.6) is 0 Å². The molecule has 150 valence electrons. The molecule has 0 saturated heterocycles. The summed E-state index contributed by atoms with van der Waals surface area (Å²) in [6.07, 6.45) is 0. The first kappa shape index (κ1) is 21.6. The van der Waals surface area contributed by atoms with Gasteiger partial charge < -0.3 is 10.2 Å². The van der Waals surface area contributed by atoms with E-state index in [0.29, 0.717) is 6.54 Å². The smallest absolute Gasteiger partial charge is 0.239 e. The molecule has 28 heavy (non-hydrogen) atoms. The van der Waals surface area contributed by atoms with Crippen LogP contribution < -0.4 is 5.32 Å². The standard InChI is InChI=1S/C23H31N3O2/c1-16-12-17(2)22(18(3)13-16)24-21(27)15-25(5)19(4)23(28)26(6)14-20-10-8-7-9-11-20/h7-13,19H,14-15H2,1-6H3,(H,24,27)/t19-/m0/s1. The molecule has 0 aromatic heterocycles. The second kappa shape index (κ2) is 9.51.